The lowest BCUT2D eigenvalue weighted by molar-refractivity contribution is -0.144. The van der Waals surface area contributed by atoms with Crippen LogP contribution in [0.2, 0.25) is 0 Å². The summed E-state index contributed by atoms with van der Waals surface area (Å²) < 4.78 is 35.4. The first kappa shape index (κ1) is 13.6. The molecule has 2 unspecified atom stereocenters. The van der Waals surface area contributed by atoms with Crippen LogP contribution in [0.4, 0.5) is 13.2 Å². The van der Waals surface area contributed by atoms with E-state index in [0.29, 0.717) is 12.5 Å². The number of hydrogen-bond donors (Lipinski definition) is 1. The lowest BCUT2D eigenvalue weighted by Crippen LogP contribution is -2.29. The summed E-state index contributed by atoms with van der Waals surface area (Å²) in [7, 11) is 0. The van der Waals surface area contributed by atoms with Crippen LogP contribution in [-0.4, -0.2) is 24.0 Å². The second-order valence-corrected chi connectivity index (χ2v) is 4.81. The lowest BCUT2D eigenvalue weighted by Gasteiger charge is -2.11. The first-order chi connectivity index (χ1) is 7.37. The van der Waals surface area contributed by atoms with E-state index in [9.17, 15) is 18.0 Å². The Morgan fingerprint density at radius 2 is 2.06 bits per heavy atom. The van der Waals surface area contributed by atoms with E-state index < -0.39 is 24.9 Å². The standard InChI is InChI=1S/C10H15ClF3NO/c11-8-2-1-7(5-8)6-15-9(16)3-4-10(12,13)14/h7-8H,1-6H2,(H,15,16). The van der Waals surface area contributed by atoms with Crippen LogP contribution in [0.15, 0.2) is 0 Å². The summed E-state index contributed by atoms with van der Waals surface area (Å²) in [5.74, 6) is -0.215. The minimum Gasteiger partial charge on any atom is -0.356 e. The molecule has 0 saturated heterocycles. The van der Waals surface area contributed by atoms with Crippen LogP contribution in [-0.2, 0) is 4.79 Å². The summed E-state index contributed by atoms with van der Waals surface area (Å²) in [4.78, 5) is 11.1. The highest BCUT2D eigenvalue weighted by molar-refractivity contribution is 6.20. The highest BCUT2D eigenvalue weighted by Gasteiger charge is 2.28. The summed E-state index contributed by atoms with van der Waals surface area (Å²) in [6.07, 6.45) is -3.10. The molecule has 0 radical (unpaired) electrons. The average molecular weight is 258 g/mol. The zero-order chi connectivity index (χ0) is 12.2. The van der Waals surface area contributed by atoms with Crippen molar-refractivity contribution in [1.29, 1.82) is 0 Å². The molecule has 1 aliphatic carbocycles. The Kier molecular flexibility index (Phi) is 4.89. The normalized spacial score (nSPS) is 25.8. The third kappa shape index (κ3) is 5.58. The predicted octanol–water partition coefficient (Wildman–Crippen LogP) is 2.85. The molecule has 0 bridgehead atoms. The molecule has 0 aromatic heterocycles. The smallest absolute Gasteiger partial charge is 0.356 e. The van der Waals surface area contributed by atoms with Crippen molar-refractivity contribution in [2.24, 2.45) is 5.92 Å². The molecule has 2 atom stereocenters. The number of halogens is 4. The SMILES string of the molecule is O=C(CCC(F)(F)F)NCC1CCC(Cl)C1. The maximum absolute atomic E-state index is 11.8. The molecule has 1 N–H and O–H groups in total. The lowest BCUT2D eigenvalue weighted by atomic mass is 10.1. The van der Waals surface area contributed by atoms with E-state index in [1.807, 2.05) is 0 Å². The largest absolute Gasteiger partial charge is 0.389 e. The van der Waals surface area contributed by atoms with Gasteiger partial charge in [0.1, 0.15) is 0 Å². The first-order valence-electron chi connectivity index (χ1n) is 5.34. The number of carbonyl (C=O) groups excluding carboxylic acids is 1. The van der Waals surface area contributed by atoms with Gasteiger partial charge in [-0.15, -0.1) is 11.6 Å². The van der Waals surface area contributed by atoms with Gasteiger partial charge in [0.05, 0.1) is 6.42 Å². The first-order valence-corrected chi connectivity index (χ1v) is 5.78. The monoisotopic (exact) mass is 257 g/mol. The van der Waals surface area contributed by atoms with E-state index in [1.54, 1.807) is 0 Å². The second kappa shape index (κ2) is 5.75. The molecule has 1 amide bonds. The van der Waals surface area contributed by atoms with Crippen molar-refractivity contribution in [3.63, 3.8) is 0 Å². The van der Waals surface area contributed by atoms with Crippen LogP contribution in [0.1, 0.15) is 32.1 Å². The van der Waals surface area contributed by atoms with Gasteiger partial charge < -0.3 is 5.32 Å². The van der Waals surface area contributed by atoms with Crippen molar-refractivity contribution >= 4 is 17.5 Å². The Morgan fingerprint density at radius 3 is 2.56 bits per heavy atom. The highest BCUT2D eigenvalue weighted by atomic mass is 35.5. The molecular weight excluding hydrogens is 243 g/mol. The van der Waals surface area contributed by atoms with Crippen molar-refractivity contribution < 1.29 is 18.0 Å². The molecule has 0 aromatic rings. The van der Waals surface area contributed by atoms with E-state index in [2.05, 4.69) is 5.32 Å². The quantitative estimate of drug-likeness (QED) is 0.771. The van der Waals surface area contributed by atoms with Gasteiger partial charge >= 0.3 is 6.18 Å². The van der Waals surface area contributed by atoms with Crippen LogP contribution < -0.4 is 5.32 Å². The van der Waals surface area contributed by atoms with Gasteiger partial charge in [-0.05, 0) is 25.2 Å². The summed E-state index contributed by atoms with van der Waals surface area (Å²) in [6, 6.07) is 0. The highest BCUT2D eigenvalue weighted by Crippen LogP contribution is 2.28. The summed E-state index contributed by atoms with van der Waals surface area (Å²) >= 11 is 5.88. The fraction of sp³-hybridized carbons (Fsp3) is 0.900. The molecule has 94 valence electrons. The van der Waals surface area contributed by atoms with Gasteiger partial charge in [-0.3, -0.25) is 4.79 Å². The molecule has 0 spiro atoms. The van der Waals surface area contributed by atoms with Crippen LogP contribution in [0.25, 0.3) is 0 Å². The fourth-order valence-electron chi connectivity index (χ4n) is 1.80. The van der Waals surface area contributed by atoms with E-state index in [4.69, 9.17) is 11.6 Å². The van der Waals surface area contributed by atoms with Crippen molar-refractivity contribution in [2.75, 3.05) is 6.54 Å². The number of carbonyl (C=O) groups is 1. The van der Waals surface area contributed by atoms with Crippen LogP contribution >= 0.6 is 11.6 Å². The third-order valence-corrected chi connectivity index (χ3v) is 3.10. The molecule has 0 heterocycles. The van der Waals surface area contributed by atoms with Crippen LogP contribution in [0, 0.1) is 5.92 Å². The minimum absolute atomic E-state index is 0.150. The Bertz CT molecular complexity index is 245. The average Bonchev–Trinajstić information content (AvgIpc) is 2.57. The van der Waals surface area contributed by atoms with Gasteiger partial charge in [-0.1, -0.05) is 0 Å². The van der Waals surface area contributed by atoms with Gasteiger partial charge in [-0.2, -0.15) is 13.2 Å². The molecule has 1 aliphatic rings. The molecule has 0 aromatic carbocycles. The van der Waals surface area contributed by atoms with Gasteiger partial charge in [0.15, 0.2) is 0 Å². The van der Waals surface area contributed by atoms with E-state index in [0.717, 1.165) is 19.3 Å². The van der Waals surface area contributed by atoms with Crippen molar-refractivity contribution in [1.82, 2.24) is 5.32 Å². The summed E-state index contributed by atoms with van der Waals surface area (Å²) in [6.45, 7) is 0.444. The molecule has 0 aliphatic heterocycles. The number of rotatable bonds is 4. The minimum atomic E-state index is -4.26. The molecule has 16 heavy (non-hydrogen) atoms. The van der Waals surface area contributed by atoms with Crippen LogP contribution in [0.3, 0.4) is 0 Å². The van der Waals surface area contributed by atoms with Crippen molar-refractivity contribution in [3.05, 3.63) is 0 Å². The van der Waals surface area contributed by atoms with Crippen molar-refractivity contribution in [2.45, 2.75) is 43.7 Å². The molecule has 1 saturated carbocycles. The predicted molar refractivity (Wildman–Crippen MR) is 55.3 cm³/mol. The Labute approximate surface area is 97.5 Å². The Balaban J connectivity index is 2.11. The zero-order valence-electron chi connectivity index (χ0n) is 8.82. The molecule has 6 heteroatoms. The topological polar surface area (TPSA) is 29.1 Å². The second-order valence-electron chi connectivity index (χ2n) is 4.20. The maximum atomic E-state index is 11.8. The van der Waals surface area contributed by atoms with E-state index in [1.165, 1.54) is 0 Å². The fourth-order valence-corrected chi connectivity index (χ4v) is 2.18. The van der Waals surface area contributed by atoms with Gasteiger partial charge in [-0.25, -0.2) is 0 Å². The summed E-state index contributed by atoms with van der Waals surface area (Å²) in [5, 5.41) is 2.67. The van der Waals surface area contributed by atoms with Crippen molar-refractivity contribution in [3.8, 4) is 0 Å². The molecule has 1 fully saturated rings. The summed E-state index contributed by atoms with van der Waals surface area (Å²) in [5.41, 5.74) is 0. The van der Waals surface area contributed by atoms with Gasteiger partial charge in [0.25, 0.3) is 0 Å². The Hall–Kier alpha value is -0.450. The van der Waals surface area contributed by atoms with Crippen LogP contribution in [0.5, 0.6) is 0 Å². The Morgan fingerprint density at radius 1 is 1.38 bits per heavy atom. The molecule has 2 nitrogen and oxygen atoms in total. The maximum Gasteiger partial charge on any atom is 0.389 e. The number of nitrogens with one attached hydrogen (secondary N) is 1. The van der Waals surface area contributed by atoms with E-state index >= 15 is 0 Å². The molecular formula is C10H15ClF3NO. The third-order valence-electron chi connectivity index (χ3n) is 2.70. The number of alkyl halides is 4. The zero-order valence-corrected chi connectivity index (χ0v) is 9.57. The van der Waals surface area contributed by atoms with E-state index in [-0.39, 0.29) is 5.38 Å². The number of hydrogen-bond acceptors (Lipinski definition) is 1. The molecule has 1 rings (SSSR count). The van der Waals surface area contributed by atoms with Gasteiger partial charge in [0.2, 0.25) is 5.91 Å². The van der Waals surface area contributed by atoms with Gasteiger partial charge in [0, 0.05) is 18.3 Å². The number of amides is 1.